The van der Waals surface area contributed by atoms with Crippen LogP contribution in [0.2, 0.25) is 0 Å². The van der Waals surface area contributed by atoms with E-state index in [1.54, 1.807) is 12.3 Å². The molecule has 1 heterocycles. The van der Waals surface area contributed by atoms with Gasteiger partial charge in [-0.05, 0) is 31.9 Å². The number of ether oxygens (including phenoxy) is 1. The van der Waals surface area contributed by atoms with Crippen molar-refractivity contribution in [2.75, 3.05) is 13.2 Å². The van der Waals surface area contributed by atoms with Crippen molar-refractivity contribution in [3.05, 3.63) is 36.0 Å². The number of carbonyl (C=O) groups excluding carboxylic acids is 2. The number of nitrogens with one attached hydrogen (secondary N) is 2. The van der Waals surface area contributed by atoms with E-state index in [2.05, 4.69) is 15.6 Å². The van der Waals surface area contributed by atoms with Crippen molar-refractivity contribution in [1.82, 2.24) is 15.6 Å². The molecule has 2 N–H and O–H groups in total. The van der Waals surface area contributed by atoms with E-state index in [1.165, 1.54) is 0 Å². The third kappa shape index (κ3) is 4.07. The highest BCUT2D eigenvalue weighted by atomic mass is 16.5. The van der Waals surface area contributed by atoms with Crippen LogP contribution >= 0.6 is 0 Å². The van der Waals surface area contributed by atoms with Crippen molar-refractivity contribution >= 4 is 22.7 Å². The van der Waals surface area contributed by atoms with E-state index in [0.717, 1.165) is 31.1 Å². The standard InChI is InChI=1S/C19H23N3O3/c1-2-20-19(24)15-10-9-13-6-5-11-21-17(13)18(15)25-12-16(23)22-14-7-3-4-8-14/h5-6,9-11,14H,2-4,7-8,12H2,1H3,(H,20,24)(H,22,23). The molecule has 3 rings (SSSR count). The molecule has 1 aliphatic carbocycles. The van der Waals surface area contributed by atoms with Crippen LogP contribution in [0.5, 0.6) is 5.75 Å². The summed E-state index contributed by atoms with van der Waals surface area (Å²) < 4.78 is 5.75. The first-order valence-electron chi connectivity index (χ1n) is 8.77. The normalized spacial score (nSPS) is 14.4. The lowest BCUT2D eigenvalue weighted by Crippen LogP contribution is -2.36. The number of aromatic nitrogens is 1. The highest BCUT2D eigenvalue weighted by Gasteiger charge is 2.20. The second-order valence-corrected chi connectivity index (χ2v) is 6.21. The van der Waals surface area contributed by atoms with Gasteiger partial charge in [-0.3, -0.25) is 14.6 Å². The maximum atomic E-state index is 12.3. The van der Waals surface area contributed by atoms with E-state index >= 15 is 0 Å². The van der Waals surface area contributed by atoms with Crippen LogP contribution < -0.4 is 15.4 Å². The van der Waals surface area contributed by atoms with Crippen molar-refractivity contribution in [1.29, 1.82) is 0 Å². The lowest BCUT2D eigenvalue weighted by molar-refractivity contribution is -0.123. The van der Waals surface area contributed by atoms with E-state index in [-0.39, 0.29) is 24.5 Å². The number of hydrogen-bond donors (Lipinski definition) is 2. The van der Waals surface area contributed by atoms with Gasteiger partial charge in [0, 0.05) is 24.2 Å². The van der Waals surface area contributed by atoms with Crippen LogP contribution in [-0.4, -0.2) is 36.0 Å². The van der Waals surface area contributed by atoms with E-state index in [9.17, 15) is 9.59 Å². The molecule has 6 heteroatoms. The highest BCUT2D eigenvalue weighted by molar-refractivity contribution is 6.02. The maximum Gasteiger partial charge on any atom is 0.258 e. The first-order valence-corrected chi connectivity index (χ1v) is 8.77. The molecule has 0 saturated heterocycles. The Balaban J connectivity index is 1.80. The summed E-state index contributed by atoms with van der Waals surface area (Å²) in [5.74, 6) is -0.0476. The molecule has 132 valence electrons. The van der Waals surface area contributed by atoms with Crippen molar-refractivity contribution in [3.8, 4) is 5.75 Å². The number of rotatable bonds is 6. The van der Waals surface area contributed by atoms with Crippen LogP contribution in [0, 0.1) is 0 Å². The number of benzene rings is 1. The van der Waals surface area contributed by atoms with Crippen LogP contribution in [0.25, 0.3) is 10.9 Å². The zero-order chi connectivity index (χ0) is 17.6. The Kier molecular flexibility index (Phi) is 5.48. The Hall–Kier alpha value is -2.63. The van der Waals surface area contributed by atoms with Gasteiger partial charge in [0.1, 0.15) is 5.52 Å². The minimum Gasteiger partial charge on any atom is -0.481 e. The fourth-order valence-corrected chi connectivity index (χ4v) is 3.18. The van der Waals surface area contributed by atoms with E-state index in [1.807, 2.05) is 25.1 Å². The van der Waals surface area contributed by atoms with Gasteiger partial charge in [0.05, 0.1) is 5.56 Å². The zero-order valence-corrected chi connectivity index (χ0v) is 14.4. The van der Waals surface area contributed by atoms with Crippen molar-refractivity contribution in [2.24, 2.45) is 0 Å². The third-order valence-electron chi connectivity index (χ3n) is 4.38. The summed E-state index contributed by atoms with van der Waals surface area (Å²) in [6, 6.07) is 7.50. The molecule has 6 nitrogen and oxygen atoms in total. The maximum absolute atomic E-state index is 12.3. The van der Waals surface area contributed by atoms with Crippen LogP contribution in [0.4, 0.5) is 0 Å². The molecule has 25 heavy (non-hydrogen) atoms. The molecule has 0 bridgehead atoms. The van der Waals surface area contributed by atoms with Crippen LogP contribution in [0.15, 0.2) is 30.5 Å². The van der Waals surface area contributed by atoms with Crippen LogP contribution in [0.3, 0.4) is 0 Å². The number of carbonyl (C=O) groups is 2. The molecule has 0 atom stereocenters. The lowest BCUT2D eigenvalue weighted by atomic mass is 10.1. The number of nitrogens with zero attached hydrogens (tertiary/aromatic N) is 1. The summed E-state index contributed by atoms with van der Waals surface area (Å²) in [6.45, 7) is 2.24. The average Bonchev–Trinajstić information content (AvgIpc) is 3.12. The monoisotopic (exact) mass is 341 g/mol. The van der Waals surface area contributed by atoms with Gasteiger partial charge in [-0.2, -0.15) is 0 Å². The molecule has 2 amide bonds. The number of fused-ring (bicyclic) bond motifs is 1. The molecule has 0 unspecified atom stereocenters. The fraction of sp³-hybridized carbons (Fsp3) is 0.421. The molecule has 1 aliphatic rings. The first kappa shape index (κ1) is 17.2. The minimum absolute atomic E-state index is 0.126. The summed E-state index contributed by atoms with van der Waals surface area (Å²) in [5, 5.41) is 6.61. The number of pyridine rings is 1. The largest absolute Gasteiger partial charge is 0.481 e. The van der Waals surface area contributed by atoms with Gasteiger partial charge in [0.15, 0.2) is 12.4 Å². The molecule has 1 saturated carbocycles. The Bertz CT molecular complexity index is 770. The van der Waals surface area contributed by atoms with Gasteiger partial charge >= 0.3 is 0 Å². The predicted molar refractivity (Wildman–Crippen MR) is 95.6 cm³/mol. The van der Waals surface area contributed by atoms with Gasteiger partial charge in [0.2, 0.25) is 0 Å². The molecule has 0 radical (unpaired) electrons. The van der Waals surface area contributed by atoms with E-state index in [0.29, 0.717) is 23.4 Å². The molecule has 2 aromatic rings. The fourth-order valence-electron chi connectivity index (χ4n) is 3.18. The topological polar surface area (TPSA) is 80.3 Å². The van der Waals surface area contributed by atoms with E-state index in [4.69, 9.17) is 4.74 Å². The van der Waals surface area contributed by atoms with Crippen molar-refractivity contribution in [2.45, 2.75) is 38.6 Å². The molecule has 1 aromatic heterocycles. The van der Waals surface area contributed by atoms with Gasteiger partial charge < -0.3 is 15.4 Å². The SMILES string of the molecule is CCNC(=O)c1ccc2cccnc2c1OCC(=O)NC1CCCC1. The summed E-state index contributed by atoms with van der Waals surface area (Å²) in [7, 11) is 0. The summed E-state index contributed by atoms with van der Waals surface area (Å²) in [5.41, 5.74) is 0.974. The molecule has 0 spiro atoms. The second-order valence-electron chi connectivity index (χ2n) is 6.21. The summed E-state index contributed by atoms with van der Waals surface area (Å²) in [6.07, 6.45) is 5.99. The molecule has 1 fully saturated rings. The second kappa shape index (κ2) is 7.96. The highest BCUT2D eigenvalue weighted by Crippen LogP contribution is 2.28. The van der Waals surface area contributed by atoms with Crippen molar-refractivity contribution in [3.63, 3.8) is 0 Å². The first-order chi connectivity index (χ1) is 12.2. The van der Waals surface area contributed by atoms with Gasteiger partial charge in [-0.25, -0.2) is 0 Å². The molecule has 1 aromatic carbocycles. The Morgan fingerprint density at radius 3 is 2.80 bits per heavy atom. The average molecular weight is 341 g/mol. The Labute approximate surface area is 147 Å². The predicted octanol–water partition coefficient (Wildman–Crippen LogP) is 2.42. The lowest BCUT2D eigenvalue weighted by Gasteiger charge is -2.15. The number of hydrogen-bond acceptors (Lipinski definition) is 4. The summed E-state index contributed by atoms with van der Waals surface area (Å²) >= 11 is 0. The molecular formula is C19H23N3O3. The molecular weight excluding hydrogens is 318 g/mol. The zero-order valence-electron chi connectivity index (χ0n) is 14.4. The van der Waals surface area contributed by atoms with Gasteiger partial charge in [0.25, 0.3) is 11.8 Å². The Morgan fingerprint density at radius 2 is 2.04 bits per heavy atom. The minimum atomic E-state index is -0.235. The van der Waals surface area contributed by atoms with E-state index < -0.39 is 0 Å². The smallest absolute Gasteiger partial charge is 0.258 e. The van der Waals surface area contributed by atoms with Gasteiger partial charge in [-0.1, -0.05) is 25.0 Å². The summed E-state index contributed by atoms with van der Waals surface area (Å²) in [4.78, 5) is 28.8. The van der Waals surface area contributed by atoms with Gasteiger partial charge in [-0.15, -0.1) is 0 Å². The molecule has 0 aliphatic heterocycles. The quantitative estimate of drug-likeness (QED) is 0.845. The third-order valence-corrected chi connectivity index (χ3v) is 4.38. The van der Waals surface area contributed by atoms with Crippen LogP contribution in [-0.2, 0) is 4.79 Å². The van der Waals surface area contributed by atoms with Crippen molar-refractivity contribution < 1.29 is 14.3 Å². The number of amides is 2. The van der Waals surface area contributed by atoms with Crippen LogP contribution in [0.1, 0.15) is 43.0 Å². The Morgan fingerprint density at radius 1 is 1.24 bits per heavy atom.